The van der Waals surface area contributed by atoms with Crippen LogP contribution in [0.3, 0.4) is 0 Å². The number of methoxy groups -OCH3 is 2. The molecule has 0 heterocycles. The summed E-state index contributed by atoms with van der Waals surface area (Å²) in [4.78, 5) is 0. The topological polar surface area (TPSA) is 47.9 Å². The largest absolute Gasteiger partial charge is 0.497 e. The average molecular weight is 349 g/mol. The Morgan fingerprint density at radius 2 is 1.88 bits per heavy atom. The van der Waals surface area contributed by atoms with E-state index in [2.05, 4.69) is 25.2 Å². The molecule has 0 aliphatic heterocycles. The fourth-order valence-corrected chi connectivity index (χ4v) is 6.48. The second-order valence-electron chi connectivity index (χ2n) is 7.69. The molecule has 2 aliphatic rings. The van der Waals surface area contributed by atoms with Gasteiger partial charge in [-0.3, -0.25) is 0 Å². The Hall–Kier alpha value is -1.20. The first-order chi connectivity index (χ1) is 11.3. The minimum absolute atomic E-state index is 0.0000933. The minimum atomic E-state index is -1.29. The number of rotatable bonds is 5. The van der Waals surface area contributed by atoms with Crippen LogP contribution in [-0.2, 0) is 15.7 Å². The molecule has 1 aromatic carbocycles. The van der Waals surface area contributed by atoms with Crippen molar-refractivity contribution >= 4 is 17.2 Å². The molecule has 3 rings (SSSR count). The second kappa shape index (κ2) is 6.26. The van der Waals surface area contributed by atoms with Gasteiger partial charge in [-0.2, -0.15) is 4.40 Å². The molecule has 0 N–H and O–H groups in total. The van der Waals surface area contributed by atoms with Crippen LogP contribution >= 0.6 is 0 Å². The smallest absolute Gasteiger partial charge is 0.145 e. The Morgan fingerprint density at radius 1 is 1.21 bits per heavy atom. The van der Waals surface area contributed by atoms with Crippen molar-refractivity contribution in [1.29, 1.82) is 0 Å². The highest BCUT2D eigenvalue weighted by atomic mass is 32.2. The standard InChI is InChI=1S/C19H27NO3S/c1-18(2)15-10-11-19(18,3)17(23-5)16(15)24(21)20-12-13-6-8-14(22-4)9-7-13/h6-9,12,15-17H,10-11H2,1-5H3/b20-12+/t15-,16-,17-,19+,24-/m1/s1. The van der Waals surface area contributed by atoms with E-state index < -0.39 is 11.0 Å². The number of hydrogen-bond donors (Lipinski definition) is 0. The van der Waals surface area contributed by atoms with Gasteiger partial charge in [-0.1, -0.05) is 20.8 Å². The van der Waals surface area contributed by atoms with Gasteiger partial charge in [0.25, 0.3) is 0 Å². The Bertz CT molecular complexity index is 655. The van der Waals surface area contributed by atoms with Crippen LogP contribution in [0.4, 0.5) is 0 Å². The van der Waals surface area contributed by atoms with E-state index in [1.54, 1.807) is 20.4 Å². The normalized spacial score (nSPS) is 35.5. The molecule has 1 aromatic rings. The summed E-state index contributed by atoms with van der Waals surface area (Å²) in [6, 6.07) is 7.59. The summed E-state index contributed by atoms with van der Waals surface area (Å²) in [6.07, 6.45) is 3.95. The van der Waals surface area contributed by atoms with Gasteiger partial charge in [0, 0.05) is 18.7 Å². The summed E-state index contributed by atoms with van der Waals surface area (Å²) in [5.74, 6) is 1.19. The maximum atomic E-state index is 12.9. The van der Waals surface area contributed by atoms with Crippen molar-refractivity contribution in [3.05, 3.63) is 29.8 Å². The van der Waals surface area contributed by atoms with Gasteiger partial charge in [0.15, 0.2) is 0 Å². The minimum Gasteiger partial charge on any atom is -0.497 e. The van der Waals surface area contributed by atoms with Gasteiger partial charge in [-0.05, 0) is 54.0 Å². The zero-order valence-corrected chi connectivity index (χ0v) is 15.9. The highest BCUT2D eigenvalue weighted by molar-refractivity contribution is 7.84. The van der Waals surface area contributed by atoms with E-state index in [9.17, 15) is 4.21 Å². The summed E-state index contributed by atoms with van der Waals surface area (Å²) in [5.41, 5.74) is 1.12. The third-order valence-corrected chi connectivity index (χ3v) is 7.96. The van der Waals surface area contributed by atoms with Crippen molar-refractivity contribution in [3.8, 4) is 5.75 Å². The van der Waals surface area contributed by atoms with E-state index in [0.29, 0.717) is 5.92 Å². The number of nitrogens with zero attached hydrogens (tertiary/aromatic N) is 1. The molecule has 132 valence electrons. The predicted molar refractivity (Wildman–Crippen MR) is 97.9 cm³/mol. The van der Waals surface area contributed by atoms with E-state index >= 15 is 0 Å². The summed E-state index contributed by atoms with van der Waals surface area (Å²) in [5, 5.41) is -0.0294. The molecular weight excluding hydrogens is 322 g/mol. The van der Waals surface area contributed by atoms with Crippen LogP contribution in [0.5, 0.6) is 5.75 Å². The summed E-state index contributed by atoms with van der Waals surface area (Å²) in [6.45, 7) is 6.87. The summed E-state index contributed by atoms with van der Waals surface area (Å²) >= 11 is 0. The Morgan fingerprint density at radius 3 is 2.46 bits per heavy atom. The van der Waals surface area contributed by atoms with Crippen LogP contribution < -0.4 is 4.74 Å². The Balaban J connectivity index is 1.80. The van der Waals surface area contributed by atoms with Crippen molar-refractivity contribution in [3.63, 3.8) is 0 Å². The fraction of sp³-hybridized carbons (Fsp3) is 0.632. The van der Waals surface area contributed by atoms with Crippen LogP contribution in [-0.4, -0.2) is 36.0 Å². The predicted octanol–water partition coefficient (Wildman–Crippen LogP) is 3.62. The van der Waals surface area contributed by atoms with Gasteiger partial charge in [0.2, 0.25) is 0 Å². The van der Waals surface area contributed by atoms with Crippen molar-refractivity contribution in [2.45, 2.75) is 45.0 Å². The Kier molecular flexibility index (Phi) is 4.60. The molecule has 0 spiro atoms. The number of hydrogen-bond acceptors (Lipinski definition) is 3. The highest BCUT2D eigenvalue weighted by Gasteiger charge is 2.68. The van der Waals surface area contributed by atoms with Crippen molar-refractivity contribution in [2.24, 2.45) is 21.1 Å². The van der Waals surface area contributed by atoms with Gasteiger partial charge in [-0.25, -0.2) is 4.21 Å². The Labute approximate surface area is 147 Å². The first-order valence-electron chi connectivity index (χ1n) is 8.47. The lowest BCUT2D eigenvalue weighted by Gasteiger charge is -2.38. The van der Waals surface area contributed by atoms with Gasteiger partial charge >= 0.3 is 0 Å². The monoisotopic (exact) mass is 349 g/mol. The number of ether oxygens (including phenoxy) is 2. The van der Waals surface area contributed by atoms with Crippen LogP contribution in [0.25, 0.3) is 0 Å². The second-order valence-corrected chi connectivity index (χ2v) is 9.00. The van der Waals surface area contributed by atoms with Crippen molar-refractivity contribution in [1.82, 2.24) is 0 Å². The van der Waals surface area contributed by atoms with Gasteiger partial charge in [0.05, 0.1) is 18.5 Å². The van der Waals surface area contributed by atoms with E-state index in [0.717, 1.165) is 24.2 Å². The zero-order valence-electron chi connectivity index (χ0n) is 15.1. The fourth-order valence-electron chi connectivity index (χ4n) is 4.73. The van der Waals surface area contributed by atoms with Crippen LogP contribution in [0.15, 0.2) is 28.7 Å². The van der Waals surface area contributed by atoms with Crippen molar-refractivity contribution < 1.29 is 13.7 Å². The first kappa shape index (κ1) is 17.6. The molecule has 0 amide bonds. The third-order valence-electron chi connectivity index (χ3n) is 6.60. The van der Waals surface area contributed by atoms with Gasteiger partial charge < -0.3 is 9.47 Å². The zero-order chi connectivity index (χ0) is 17.5. The summed E-state index contributed by atoms with van der Waals surface area (Å²) in [7, 11) is 2.09. The van der Waals surface area contributed by atoms with Crippen LogP contribution in [0, 0.1) is 16.7 Å². The first-order valence-corrected chi connectivity index (χ1v) is 9.64. The highest BCUT2D eigenvalue weighted by Crippen LogP contribution is 2.67. The molecule has 0 radical (unpaired) electrons. The summed E-state index contributed by atoms with van der Waals surface area (Å²) < 4.78 is 28.3. The maximum absolute atomic E-state index is 12.9. The quantitative estimate of drug-likeness (QED) is 0.763. The lowest BCUT2D eigenvalue weighted by Crippen LogP contribution is -2.42. The van der Waals surface area contributed by atoms with Crippen LogP contribution in [0.1, 0.15) is 39.2 Å². The molecule has 4 nitrogen and oxygen atoms in total. The lowest BCUT2D eigenvalue weighted by atomic mass is 9.70. The number of fused-ring (bicyclic) bond motifs is 2. The SMILES string of the molecule is COc1ccc(/C=N/[S@](=O)[C@@H]2[C@H]3CC[C@@](C)([C@@H]2OC)C3(C)C)cc1. The average Bonchev–Trinajstić information content (AvgIpc) is 2.91. The van der Waals surface area contributed by atoms with E-state index in [-0.39, 0.29) is 22.2 Å². The molecule has 0 unspecified atom stereocenters. The van der Waals surface area contributed by atoms with Crippen molar-refractivity contribution in [2.75, 3.05) is 14.2 Å². The van der Waals surface area contributed by atoms with Gasteiger partial charge in [0.1, 0.15) is 16.7 Å². The molecule has 5 heteroatoms. The van der Waals surface area contributed by atoms with E-state index in [1.807, 2.05) is 24.3 Å². The van der Waals surface area contributed by atoms with E-state index in [1.165, 1.54) is 0 Å². The lowest BCUT2D eigenvalue weighted by molar-refractivity contribution is -0.0181. The maximum Gasteiger partial charge on any atom is 0.145 e. The molecule has 0 saturated heterocycles. The molecule has 2 saturated carbocycles. The third kappa shape index (κ3) is 2.53. The molecule has 2 fully saturated rings. The molecule has 2 aliphatic carbocycles. The van der Waals surface area contributed by atoms with Crippen LogP contribution in [0.2, 0.25) is 0 Å². The number of benzene rings is 1. The molecule has 24 heavy (non-hydrogen) atoms. The van der Waals surface area contributed by atoms with E-state index in [4.69, 9.17) is 9.47 Å². The molecule has 0 aromatic heterocycles. The molecular formula is C19H27NO3S. The molecule has 5 atom stereocenters. The van der Waals surface area contributed by atoms with Gasteiger partial charge in [-0.15, -0.1) is 0 Å². The molecule has 2 bridgehead atoms.